The highest BCUT2D eigenvalue weighted by molar-refractivity contribution is 7.71. The Morgan fingerprint density at radius 3 is 2.38 bits per heavy atom. The molecule has 5 heteroatoms. The molecule has 1 aromatic heterocycles. The second-order valence-electron chi connectivity index (χ2n) is 2.13. The third-order valence-corrected chi connectivity index (χ3v) is 1.43. The Morgan fingerprint density at radius 1 is 1.62 bits per heavy atom. The normalized spacial score (nSPS) is 8.38. The fraction of sp³-hybridized carbons (Fsp3) is 0.250. The van der Waals surface area contributed by atoms with Gasteiger partial charge in [-0.1, -0.05) is 25.2 Å². The smallest absolute Gasteiger partial charge is 0.303 e. The minimum atomic E-state index is -0.745. The van der Waals surface area contributed by atoms with Crippen molar-refractivity contribution in [3.63, 3.8) is 0 Å². The molecule has 72 valence electrons. The number of nitrogens with zero attached hydrogens (tertiary/aromatic N) is 1. The summed E-state index contributed by atoms with van der Waals surface area (Å²) < 4.78 is 1.32. The van der Waals surface area contributed by atoms with E-state index in [0.29, 0.717) is 4.64 Å². The van der Waals surface area contributed by atoms with Gasteiger partial charge in [-0.05, 0) is 12.1 Å². The summed E-state index contributed by atoms with van der Waals surface area (Å²) >= 11 is 4.67. The molecule has 1 aromatic rings. The van der Waals surface area contributed by atoms with E-state index < -0.39 is 5.97 Å². The molecular formula is C8H11NO3S. The van der Waals surface area contributed by atoms with Crippen LogP contribution in [0.3, 0.4) is 0 Å². The molecule has 0 saturated heterocycles. The Balaban J connectivity index is 0.000000252. The molecule has 0 radical (unpaired) electrons. The zero-order valence-corrected chi connectivity index (χ0v) is 7.99. The summed E-state index contributed by atoms with van der Waals surface area (Å²) in [5, 5.41) is 16.5. The number of hydrogen-bond acceptors (Lipinski definition) is 3. The first-order valence-electron chi connectivity index (χ1n) is 3.66. The molecule has 13 heavy (non-hydrogen) atoms. The second-order valence-corrected chi connectivity index (χ2v) is 2.55. The van der Waals surface area contributed by atoms with Gasteiger partial charge in [0.2, 0.25) is 0 Å². The van der Waals surface area contributed by atoms with Crippen molar-refractivity contribution in [1.82, 2.24) is 4.73 Å². The number of aromatic nitrogens is 1. The van der Waals surface area contributed by atoms with E-state index in [2.05, 4.69) is 12.2 Å². The Hall–Kier alpha value is -1.36. The first-order chi connectivity index (χ1) is 6.07. The third-order valence-electron chi connectivity index (χ3n) is 1.11. The Bertz CT molecular complexity index is 321. The zero-order chi connectivity index (χ0) is 10.3. The largest absolute Gasteiger partial charge is 0.481 e. The molecule has 0 saturated carbocycles. The van der Waals surface area contributed by atoms with Crippen LogP contribution in [0.2, 0.25) is 0 Å². The van der Waals surface area contributed by atoms with E-state index in [1.54, 1.807) is 25.1 Å². The van der Waals surface area contributed by atoms with Gasteiger partial charge in [0.1, 0.15) is 4.64 Å². The molecule has 0 aromatic carbocycles. The third kappa shape index (κ3) is 5.86. The van der Waals surface area contributed by atoms with Crippen molar-refractivity contribution in [3.05, 3.63) is 29.0 Å². The predicted octanol–water partition coefficient (Wildman–Crippen LogP) is 1.94. The van der Waals surface area contributed by atoms with Crippen LogP contribution in [0.1, 0.15) is 13.3 Å². The average Bonchev–Trinajstić information content (AvgIpc) is 2.11. The van der Waals surface area contributed by atoms with Gasteiger partial charge in [-0.3, -0.25) is 4.79 Å². The van der Waals surface area contributed by atoms with Crippen LogP contribution in [0.5, 0.6) is 0 Å². The lowest BCUT2D eigenvalue weighted by atomic mass is 10.5. The van der Waals surface area contributed by atoms with Gasteiger partial charge in [-0.15, -0.1) is 0 Å². The molecule has 2 N–H and O–H groups in total. The lowest BCUT2D eigenvalue weighted by Crippen LogP contribution is -1.89. The summed E-state index contributed by atoms with van der Waals surface area (Å²) in [7, 11) is 0. The van der Waals surface area contributed by atoms with Gasteiger partial charge in [-0.2, -0.15) is 4.73 Å². The van der Waals surface area contributed by atoms with Crippen LogP contribution in [0.25, 0.3) is 0 Å². The number of carboxylic acids is 1. The van der Waals surface area contributed by atoms with E-state index >= 15 is 0 Å². The van der Waals surface area contributed by atoms with Crippen LogP contribution in [0.4, 0.5) is 0 Å². The zero-order valence-electron chi connectivity index (χ0n) is 7.17. The molecule has 0 aliphatic heterocycles. The van der Waals surface area contributed by atoms with Gasteiger partial charge >= 0.3 is 5.97 Å². The van der Waals surface area contributed by atoms with Crippen molar-refractivity contribution >= 4 is 18.2 Å². The molecule has 0 aliphatic rings. The van der Waals surface area contributed by atoms with E-state index in [-0.39, 0.29) is 6.42 Å². The summed E-state index contributed by atoms with van der Waals surface area (Å²) in [6, 6.07) is 5.13. The highest BCUT2D eigenvalue weighted by Gasteiger charge is 1.80. The van der Waals surface area contributed by atoms with Gasteiger partial charge < -0.3 is 10.3 Å². The molecule has 0 fully saturated rings. The Kier molecular flexibility index (Phi) is 5.54. The summed E-state index contributed by atoms with van der Waals surface area (Å²) in [6.07, 6.45) is 1.71. The summed E-state index contributed by atoms with van der Waals surface area (Å²) in [5.41, 5.74) is 0. The maximum Gasteiger partial charge on any atom is 0.303 e. The molecular weight excluding hydrogens is 190 g/mol. The fourth-order valence-electron chi connectivity index (χ4n) is 0.419. The molecule has 1 rings (SSSR count). The van der Waals surface area contributed by atoms with Crippen LogP contribution in [-0.2, 0) is 4.79 Å². The SMILES string of the molecule is CCC(=O)O.On1ccccc1=S. The van der Waals surface area contributed by atoms with Crippen LogP contribution in [0.15, 0.2) is 24.4 Å². The van der Waals surface area contributed by atoms with E-state index in [0.717, 1.165) is 4.73 Å². The number of rotatable bonds is 1. The molecule has 0 unspecified atom stereocenters. The monoisotopic (exact) mass is 201 g/mol. The topological polar surface area (TPSA) is 62.5 Å². The standard InChI is InChI=1S/C5H5NOS.C3H6O2/c7-6-4-2-1-3-5(6)8;1-2-3(4)5/h1-4,7H;2H2,1H3,(H,4,5). The number of aliphatic carboxylic acids is 1. The number of hydrogen-bond donors (Lipinski definition) is 2. The van der Waals surface area contributed by atoms with Crippen LogP contribution < -0.4 is 0 Å². The maximum atomic E-state index is 9.37. The van der Waals surface area contributed by atoms with E-state index in [9.17, 15) is 4.79 Å². The molecule has 0 atom stereocenters. The highest BCUT2D eigenvalue weighted by Crippen LogP contribution is 1.86. The Morgan fingerprint density at radius 2 is 2.15 bits per heavy atom. The lowest BCUT2D eigenvalue weighted by molar-refractivity contribution is -0.136. The van der Waals surface area contributed by atoms with Gasteiger partial charge in [-0.25, -0.2) is 0 Å². The van der Waals surface area contributed by atoms with Crippen molar-refractivity contribution in [2.75, 3.05) is 0 Å². The fourth-order valence-corrected chi connectivity index (χ4v) is 0.558. The molecule has 0 spiro atoms. The molecule has 4 nitrogen and oxygen atoms in total. The van der Waals surface area contributed by atoms with Crippen LogP contribution in [0, 0.1) is 4.64 Å². The average molecular weight is 201 g/mol. The van der Waals surface area contributed by atoms with Gasteiger partial charge in [0, 0.05) is 12.6 Å². The molecule has 0 aliphatic carbocycles. The minimum absolute atomic E-state index is 0.222. The van der Waals surface area contributed by atoms with E-state index in [4.69, 9.17) is 10.3 Å². The quantitative estimate of drug-likeness (QED) is 0.538. The van der Waals surface area contributed by atoms with Crippen LogP contribution >= 0.6 is 12.2 Å². The van der Waals surface area contributed by atoms with Gasteiger partial charge in [0.15, 0.2) is 0 Å². The van der Waals surface area contributed by atoms with Gasteiger partial charge in [0.25, 0.3) is 0 Å². The number of carboxylic acid groups (broad SMARTS) is 1. The van der Waals surface area contributed by atoms with Crippen molar-refractivity contribution in [1.29, 1.82) is 0 Å². The first kappa shape index (κ1) is 11.6. The van der Waals surface area contributed by atoms with Crippen molar-refractivity contribution in [2.24, 2.45) is 0 Å². The molecule has 0 bridgehead atoms. The van der Waals surface area contributed by atoms with Crippen molar-refractivity contribution < 1.29 is 15.1 Å². The minimum Gasteiger partial charge on any atom is -0.481 e. The Labute approximate surface area is 81.0 Å². The van der Waals surface area contributed by atoms with Gasteiger partial charge in [0.05, 0.1) is 0 Å². The van der Waals surface area contributed by atoms with Crippen LogP contribution in [-0.4, -0.2) is 21.0 Å². The van der Waals surface area contributed by atoms with E-state index in [1.807, 2.05) is 0 Å². The summed E-state index contributed by atoms with van der Waals surface area (Å²) in [4.78, 5) is 9.37. The molecule has 1 heterocycles. The van der Waals surface area contributed by atoms with E-state index in [1.165, 1.54) is 6.20 Å². The number of carbonyl (C=O) groups is 1. The van der Waals surface area contributed by atoms with Crippen molar-refractivity contribution in [2.45, 2.75) is 13.3 Å². The summed E-state index contributed by atoms with van der Waals surface area (Å²) in [6.45, 7) is 1.60. The predicted molar refractivity (Wildman–Crippen MR) is 50.4 cm³/mol. The summed E-state index contributed by atoms with van der Waals surface area (Å²) in [5.74, 6) is -0.745. The first-order valence-corrected chi connectivity index (χ1v) is 4.07. The highest BCUT2D eigenvalue weighted by atomic mass is 32.1. The lowest BCUT2D eigenvalue weighted by Gasteiger charge is -1.90. The maximum absolute atomic E-state index is 9.37. The van der Waals surface area contributed by atoms with Crippen molar-refractivity contribution in [3.8, 4) is 0 Å². The number of pyridine rings is 1. The molecule has 0 amide bonds. The second kappa shape index (κ2) is 6.19.